The maximum atomic E-state index is 14.5. The minimum absolute atomic E-state index is 0.0731. The number of sulfonamides is 1. The molecule has 0 aliphatic carbocycles. The number of fused-ring (bicyclic) bond motifs is 1. The van der Waals surface area contributed by atoms with Crippen molar-refractivity contribution in [2.45, 2.75) is 10.8 Å². The van der Waals surface area contributed by atoms with Gasteiger partial charge < -0.3 is 10.1 Å². The molecule has 0 fully saturated rings. The number of thiophene rings is 1. The first kappa shape index (κ1) is 18.2. The summed E-state index contributed by atoms with van der Waals surface area (Å²) < 4.78 is 47.0. The van der Waals surface area contributed by atoms with E-state index in [9.17, 15) is 17.6 Å². The smallest absolute Gasteiger partial charge is 0.320 e. The summed E-state index contributed by atoms with van der Waals surface area (Å²) in [5, 5.41) is 6.76. The zero-order valence-corrected chi connectivity index (χ0v) is 15.7. The van der Waals surface area contributed by atoms with Crippen LogP contribution in [0, 0.1) is 5.82 Å². The van der Waals surface area contributed by atoms with Gasteiger partial charge in [0.25, 0.3) is 10.0 Å². The number of benzene rings is 1. The minimum atomic E-state index is -3.77. The van der Waals surface area contributed by atoms with Crippen LogP contribution < -0.4 is 20.1 Å². The zero-order valence-electron chi connectivity index (χ0n) is 14.1. The highest BCUT2D eigenvalue weighted by Crippen LogP contribution is 2.33. The fourth-order valence-electron chi connectivity index (χ4n) is 2.56. The number of amides is 2. The van der Waals surface area contributed by atoms with Gasteiger partial charge in [0.15, 0.2) is 11.6 Å². The summed E-state index contributed by atoms with van der Waals surface area (Å²) in [4.78, 5) is 15.4. The Balaban J connectivity index is 1.57. The lowest BCUT2D eigenvalue weighted by Crippen LogP contribution is -2.34. The van der Waals surface area contributed by atoms with Crippen molar-refractivity contribution in [2.24, 2.45) is 0 Å². The normalized spacial score (nSPS) is 13.2. The van der Waals surface area contributed by atoms with Gasteiger partial charge in [-0.25, -0.2) is 22.6 Å². The first-order chi connectivity index (χ1) is 13.4. The monoisotopic (exact) mass is 420 g/mol. The fraction of sp³-hybridized carbons (Fsp3) is 0.0588. The lowest BCUT2D eigenvalue weighted by molar-refractivity contribution is 0.250. The van der Waals surface area contributed by atoms with Crippen LogP contribution in [-0.4, -0.2) is 19.4 Å². The molecule has 144 valence electrons. The largest absolute Gasteiger partial charge is 0.454 e. The number of carbonyl (C=O) groups is 1. The molecule has 1 aromatic carbocycles. The number of ether oxygens (including phenoxy) is 1. The number of halogens is 1. The van der Waals surface area contributed by atoms with E-state index >= 15 is 0 Å². The Morgan fingerprint density at radius 1 is 1.21 bits per heavy atom. The van der Waals surface area contributed by atoms with Crippen molar-refractivity contribution in [3.63, 3.8) is 0 Å². The van der Waals surface area contributed by atoms with Gasteiger partial charge in [0.1, 0.15) is 15.8 Å². The molecule has 3 N–H and O–H groups in total. The molecule has 28 heavy (non-hydrogen) atoms. The predicted octanol–water partition coefficient (Wildman–Crippen LogP) is 3.51. The van der Waals surface area contributed by atoms with E-state index in [4.69, 9.17) is 4.74 Å². The van der Waals surface area contributed by atoms with Crippen molar-refractivity contribution >= 4 is 38.9 Å². The van der Waals surface area contributed by atoms with Gasteiger partial charge in [-0.3, -0.25) is 10.0 Å². The number of carbonyl (C=O) groups excluding carboxylic acids is 1. The third-order valence-electron chi connectivity index (χ3n) is 3.83. The summed E-state index contributed by atoms with van der Waals surface area (Å²) in [5.74, 6) is -0.181. The number of nitrogens with one attached hydrogen (secondary N) is 3. The maximum Gasteiger partial charge on any atom is 0.320 e. The number of urea groups is 1. The van der Waals surface area contributed by atoms with Crippen LogP contribution >= 0.6 is 11.3 Å². The molecule has 3 aromatic rings. The van der Waals surface area contributed by atoms with Crippen LogP contribution in [0.15, 0.2) is 52.2 Å². The summed E-state index contributed by atoms with van der Waals surface area (Å²) in [5.41, 5.74) is 0.646. The van der Waals surface area contributed by atoms with Gasteiger partial charge in [-0.05, 0) is 29.6 Å². The standard InChI is InChI=1S/C17H13FN4O4S2/c18-12-8-10(22-28(24,25)15-2-1-7-27-15)3-4-14(12)26-13-5-6-19-16-11(13)9-20-17(23)21-16/h1-8,22H,9H2,(H2,19,20,21,23). The van der Waals surface area contributed by atoms with Gasteiger partial charge >= 0.3 is 6.03 Å². The quantitative estimate of drug-likeness (QED) is 0.585. The minimum Gasteiger partial charge on any atom is -0.454 e. The van der Waals surface area contributed by atoms with E-state index in [1.807, 2.05) is 0 Å². The molecule has 2 aromatic heterocycles. The summed E-state index contributed by atoms with van der Waals surface area (Å²) >= 11 is 1.06. The Kier molecular flexibility index (Phi) is 4.61. The molecule has 0 atom stereocenters. The lowest BCUT2D eigenvalue weighted by atomic mass is 10.2. The average molecular weight is 420 g/mol. The molecular weight excluding hydrogens is 407 g/mol. The van der Waals surface area contributed by atoms with Gasteiger partial charge in [-0.15, -0.1) is 11.3 Å². The molecule has 0 unspecified atom stereocenters. The zero-order chi connectivity index (χ0) is 19.7. The second-order valence-corrected chi connectivity index (χ2v) is 8.59. The molecule has 0 bridgehead atoms. The van der Waals surface area contributed by atoms with Gasteiger partial charge in [0, 0.05) is 12.3 Å². The summed E-state index contributed by atoms with van der Waals surface area (Å²) in [7, 11) is -3.77. The highest BCUT2D eigenvalue weighted by atomic mass is 32.2. The molecule has 3 heterocycles. The van der Waals surface area contributed by atoms with E-state index < -0.39 is 15.8 Å². The van der Waals surface area contributed by atoms with Crippen molar-refractivity contribution in [3.8, 4) is 11.5 Å². The van der Waals surface area contributed by atoms with Crippen LogP contribution in [0.25, 0.3) is 0 Å². The number of aromatic nitrogens is 1. The number of anilines is 2. The molecule has 0 radical (unpaired) electrons. The third-order valence-corrected chi connectivity index (χ3v) is 6.61. The van der Waals surface area contributed by atoms with Gasteiger partial charge in [0.2, 0.25) is 0 Å². The molecule has 11 heteroatoms. The summed E-state index contributed by atoms with van der Waals surface area (Å²) in [6, 6.07) is 7.99. The molecule has 4 rings (SSSR count). The molecule has 0 saturated heterocycles. The predicted molar refractivity (Wildman–Crippen MR) is 102 cm³/mol. The second kappa shape index (κ2) is 7.09. The Morgan fingerprint density at radius 3 is 2.82 bits per heavy atom. The van der Waals surface area contributed by atoms with Crippen LogP contribution in [0.4, 0.5) is 20.7 Å². The molecule has 8 nitrogen and oxygen atoms in total. The van der Waals surface area contributed by atoms with Crippen molar-refractivity contribution in [1.29, 1.82) is 0 Å². The lowest BCUT2D eigenvalue weighted by Gasteiger charge is -2.20. The maximum absolute atomic E-state index is 14.5. The number of pyridine rings is 1. The Hall–Kier alpha value is -3.18. The van der Waals surface area contributed by atoms with E-state index in [0.717, 1.165) is 17.4 Å². The van der Waals surface area contributed by atoms with Gasteiger partial charge in [0.05, 0.1) is 17.8 Å². The molecule has 2 amide bonds. The molecule has 1 aliphatic heterocycles. The second-order valence-electron chi connectivity index (χ2n) is 5.73. The van der Waals surface area contributed by atoms with Gasteiger partial charge in [-0.2, -0.15) is 0 Å². The van der Waals surface area contributed by atoms with Crippen LogP contribution in [0.1, 0.15) is 5.56 Å². The summed E-state index contributed by atoms with van der Waals surface area (Å²) in [6.07, 6.45) is 1.43. The fourth-order valence-corrected chi connectivity index (χ4v) is 4.60. The molecule has 0 saturated carbocycles. The van der Waals surface area contributed by atoms with E-state index in [0.29, 0.717) is 17.1 Å². The molecular formula is C17H13FN4O4S2. The van der Waals surface area contributed by atoms with Crippen molar-refractivity contribution in [3.05, 3.63) is 59.4 Å². The topological polar surface area (TPSA) is 109 Å². The van der Waals surface area contributed by atoms with E-state index in [1.165, 1.54) is 24.4 Å². The Bertz CT molecular complexity index is 1150. The number of nitrogens with zero attached hydrogens (tertiary/aromatic N) is 1. The molecule has 1 aliphatic rings. The first-order valence-electron chi connectivity index (χ1n) is 7.99. The number of hydrogen-bond acceptors (Lipinski definition) is 6. The van der Waals surface area contributed by atoms with Crippen molar-refractivity contribution in [2.75, 3.05) is 10.0 Å². The Morgan fingerprint density at radius 2 is 2.07 bits per heavy atom. The summed E-state index contributed by atoms with van der Waals surface area (Å²) in [6.45, 7) is 0.185. The van der Waals surface area contributed by atoms with Crippen LogP contribution in [0.3, 0.4) is 0 Å². The Labute approximate surface area is 163 Å². The van der Waals surface area contributed by atoms with Crippen LogP contribution in [0.2, 0.25) is 0 Å². The number of hydrogen-bond donors (Lipinski definition) is 3. The van der Waals surface area contributed by atoms with Crippen LogP contribution in [0.5, 0.6) is 11.5 Å². The van der Waals surface area contributed by atoms with E-state index in [-0.39, 0.29) is 28.2 Å². The van der Waals surface area contributed by atoms with E-state index in [1.54, 1.807) is 17.5 Å². The molecule has 0 spiro atoms. The SMILES string of the molecule is O=C1NCc2c(Oc3ccc(NS(=O)(=O)c4cccs4)cc3F)ccnc2N1. The average Bonchev–Trinajstić information content (AvgIpc) is 3.19. The van der Waals surface area contributed by atoms with Gasteiger partial charge in [-0.1, -0.05) is 6.07 Å². The van der Waals surface area contributed by atoms with Crippen molar-refractivity contribution in [1.82, 2.24) is 10.3 Å². The number of rotatable bonds is 5. The first-order valence-corrected chi connectivity index (χ1v) is 10.3. The van der Waals surface area contributed by atoms with Crippen molar-refractivity contribution < 1.29 is 22.3 Å². The highest BCUT2D eigenvalue weighted by molar-refractivity contribution is 7.94. The third kappa shape index (κ3) is 3.62. The van der Waals surface area contributed by atoms with Crippen LogP contribution in [-0.2, 0) is 16.6 Å². The highest BCUT2D eigenvalue weighted by Gasteiger charge is 2.21. The van der Waals surface area contributed by atoms with E-state index in [2.05, 4.69) is 20.3 Å².